The molecule has 5 nitrogen and oxygen atoms in total. The molecule has 0 heterocycles. The van der Waals surface area contributed by atoms with E-state index in [0.717, 1.165) is 0 Å². The van der Waals surface area contributed by atoms with Gasteiger partial charge in [0.2, 0.25) is 10.0 Å². The maximum atomic E-state index is 12.1. The van der Waals surface area contributed by atoms with Crippen molar-refractivity contribution in [3.05, 3.63) is 28.8 Å². The maximum absolute atomic E-state index is 12.1. The fraction of sp³-hybridized carbons (Fsp3) is 0.462. The zero-order valence-corrected chi connectivity index (χ0v) is 12.7. The van der Waals surface area contributed by atoms with Gasteiger partial charge in [0, 0.05) is 11.1 Å². The predicted octanol–water partition coefficient (Wildman–Crippen LogP) is 1.48. The highest BCUT2D eigenvalue weighted by Crippen LogP contribution is 2.20. The van der Waals surface area contributed by atoms with Crippen molar-refractivity contribution in [2.24, 2.45) is 5.14 Å². The van der Waals surface area contributed by atoms with E-state index in [1.54, 1.807) is 19.9 Å². The first-order valence-electron chi connectivity index (χ1n) is 5.88. The molecule has 0 saturated heterocycles. The molecule has 19 heavy (non-hydrogen) atoms. The van der Waals surface area contributed by atoms with Crippen LogP contribution in [-0.4, -0.2) is 19.9 Å². The minimum Gasteiger partial charge on any atom is -0.347 e. The van der Waals surface area contributed by atoms with Crippen molar-refractivity contribution in [1.82, 2.24) is 5.32 Å². The van der Waals surface area contributed by atoms with Gasteiger partial charge in [-0.1, -0.05) is 6.07 Å². The number of carbonyl (C=O) groups excluding carboxylic acids is 1. The Kier molecular flexibility index (Phi) is 4.07. The molecule has 1 aromatic rings. The molecule has 0 aromatic heterocycles. The van der Waals surface area contributed by atoms with Crippen LogP contribution in [0.2, 0.25) is 0 Å². The first kappa shape index (κ1) is 15.7. The summed E-state index contributed by atoms with van der Waals surface area (Å²) in [5.74, 6) is -0.310. The molecular weight excluding hydrogens is 264 g/mol. The lowest BCUT2D eigenvalue weighted by atomic mass is 10.0. The van der Waals surface area contributed by atoms with Crippen molar-refractivity contribution >= 4 is 15.9 Å². The maximum Gasteiger partial charge on any atom is 0.251 e. The van der Waals surface area contributed by atoms with Crippen molar-refractivity contribution in [3.8, 4) is 0 Å². The zero-order valence-electron chi connectivity index (χ0n) is 11.9. The molecule has 0 radical (unpaired) electrons. The standard InChI is InChI=1S/C13H20N2O3S/c1-8-6-9(2)11(19(14,17)18)7-10(8)12(16)15-13(3,4)5/h6-7H,1-5H3,(H,15,16)(H2,14,17,18). The van der Waals surface area contributed by atoms with Crippen LogP contribution in [0.5, 0.6) is 0 Å². The molecule has 1 aromatic carbocycles. The molecule has 106 valence electrons. The summed E-state index contributed by atoms with van der Waals surface area (Å²) in [6.45, 7) is 8.98. The number of benzene rings is 1. The molecule has 3 N–H and O–H groups in total. The van der Waals surface area contributed by atoms with E-state index in [2.05, 4.69) is 5.32 Å². The lowest BCUT2D eigenvalue weighted by Crippen LogP contribution is -2.41. The van der Waals surface area contributed by atoms with Gasteiger partial charge in [-0.3, -0.25) is 4.79 Å². The van der Waals surface area contributed by atoms with Crippen LogP contribution in [0.3, 0.4) is 0 Å². The van der Waals surface area contributed by atoms with Gasteiger partial charge in [0.25, 0.3) is 5.91 Å². The highest BCUT2D eigenvalue weighted by molar-refractivity contribution is 7.89. The van der Waals surface area contributed by atoms with Crippen molar-refractivity contribution in [2.45, 2.75) is 45.1 Å². The van der Waals surface area contributed by atoms with E-state index in [1.807, 2.05) is 20.8 Å². The number of aryl methyl sites for hydroxylation is 2. The average Bonchev–Trinajstić information content (AvgIpc) is 2.11. The van der Waals surface area contributed by atoms with Gasteiger partial charge in [-0.2, -0.15) is 0 Å². The Morgan fingerprint density at radius 1 is 1.16 bits per heavy atom. The summed E-state index contributed by atoms with van der Waals surface area (Å²) < 4.78 is 22.9. The second-order valence-electron chi connectivity index (χ2n) is 5.68. The number of rotatable bonds is 2. The molecule has 0 bridgehead atoms. The van der Waals surface area contributed by atoms with Crippen LogP contribution in [0, 0.1) is 13.8 Å². The summed E-state index contributed by atoms with van der Waals surface area (Å²) in [5.41, 5.74) is 1.18. The summed E-state index contributed by atoms with van der Waals surface area (Å²) in [6.07, 6.45) is 0. The third-order valence-corrected chi connectivity index (χ3v) is 3.61. The van der Waals surface area contributed by atoms with Crippen LogP contribution >= 0.6 is 0 Å². The van der Waals surface area contributed by atoms with Crippen molar-refractivity contribution in [2.75, 3.05) is 0 Å². The fourth-order valence-electron chi connectivity index (χ4n) is 1.79. The van der Waals surface area contributed by atoms with Crippen LogP contribution in [0.4, 0.5) is 0 Å². The van der Waals surface area contributed by atoms with Crippen LogP contribution in [0.25, 0.3) is 0 Å². The molecule has 0 spiro atoms. The van der Waals surface area contributed by atoms with Gasteiger partial charge >= 0.3 is 0 Å². The largest absolute Gasteiger partial charge is 0.347 e. The van der Waals surface area contributed by atoms with Gasteiger partial charge in [0.15, 0.2) is 0 Å². The summed E-state index contributed by atoms with van der Waals surface area (Å²) in [4.78, 5) is 12.1. The number of nitrogens with two attached hydrogens (primary N) is 1. The first-order valence-corrected chi connectivity index (χ1v) is 7.43. The fourth-order valence-corrected chi connectivity index (χ4v) is 2.58. The van der Waals surface area contributed by atoms with Crippen LogP contribution in [0.1, 0.15) is 42.3 Å². The van der Waals surface area contributed by atoms with Gasteiger partial charge < -0.3 is 5.32 Å². The minimum atomic E-state index is -3.83. The number of nitrogens with one attached hydrogen (secondary N) is 1. The predicted molar refractivity (Wildman–Crippen MR) is 74.5 cm³/mol. The van der Waals surface area contributed by atoms with E-state index in [4.69, 9.17) is 5.14 Å². The SMILES string of the molecule is Cc1cc(C)c(S(N)(=O)=O)cc1C(=O)NC(C)(C)C. The third kappa shape index (κ3) is 4.04. The van der Waals surface area contributed by atoms with Crippen LogP contribution in [0.15, 0.2) is 17.0 Å². The van der Waals surface area contributed by atoms with Gasteiger partial charge in [-0.05, 0) is 51.8 Å². The lowest BCUT2D eigenvalue weighted by Gasteiger charge is -2.21. The topological polar surface area (TPSA) is 89.3 Å². The number of sulfonamides is 1. The van der Waals surface area contributed by atoms with Gasteiger partial charge in [0.05, 0.1) is 4.90 Å². The quantitative estimate of drug-likeness (QED) is 0.862. The average molecular weight is 284 g/mol. The van der Waals surface area contributed by atoms with Gasteiger partial charge in [-0.15, -0.1) is 0 Å². The number of hydrogen-bond donors (Lipinski definition) is 2. The Bertz CT molecular complexity index is 614. The van der Waals surface area contributed by atoms with E-state index < -0.39 is 15.6 Å². The molecule has 0 atom stereocenters. The zero-order chi connectivity index (χ0) is 15.0. The van der Waals surface area contributed by atoms with E-state index in [0.29, 0.717) is 16.7 Å². The normalized spacial score (nSPS) is 12.3. The highest BCUT2D eigenvalue weighted by atomic mass is 32.2. The molecule has 0 aliphatic carbocycles. The second kappa shape index (κ2) is 4.94. The molecule has 0 fully saturated rings. The van der Waals surface area contributed by atoms with Crippen molar-refractivity contribution in [3.63, 3.8) is 0 Å². The smallest absolute Gasteiger partial charge is 0.251 e. The first-order chi connectivity index (χ1) is 8.42. The van der Waals surface area contributed by atoms with E-state index in [1.165, 1.54) is 6.07 Å². The van der Waals surface area contributed by atoms with Gasteiger partial charge in [-0.25, -0.2) is 13.6 Å². The van der Waals surface area contributed by atoms with E-state index in [9.17, 15) is 13.2 Å². The molecule has 1 rings (SSSR count). The third-order valence-electron chi connectivity index (χ3n) is 2.56. The molecule has 0 aliphatic rings. The molecule has 0 unspecified atom stereocenters. The monoisotopic (exact) mass is 284 g/mol. The number of primary sulfonamides is 1. The highest BCUT2D eigenvalue weighted by Gasteiger charge is 2.20. The van der Waals surface area contributed by atoms with Crippen molar-refractivity contribution < 1.29 is 13.2 Å². The molecule has 0 aliphatic heterocycles. The van der Waals surface area contributed by atoms with E-state index in [-0.39, 0.29) is 10.8 Å². The summed E-state index contributed by atoms with van der Waals surface area (Å²) in [7, 11) is -3.83. The molecule has 0 saturated carbocycles. The number of hydrogen-bond acceptors (Lipinski definition) is 3. The molecule has 6 heteroatoms. The Morgan fingerprint density at radius 3 is 2.11 bits per heavy atom. The van der Waals surface area contributed by atoms with E-state index >= 15 is 0 Å². The molecule has 1 amide bonds. The Labute approximate surface area is 114 Å². The lowest BCUT2D eigenvalue weighted by molar-refractivity contribution is 0.0918. The van der Waals surface area contributed by atoms with Crippen LogP contribution < -0.4 is 10.5 Å². The Morgan fingerprint density at radius 2 is 1.68 bits per heavy atom. The van der Waals surface area contributed by atoms with Crippen LogP contribution in [-0.2, 0) is 10.0 Å². The minimum absolute atomic E-state index is 0.0165. The van der Waals surface area contributed by atoms with Crippen molar-refractivity contribution in [1.29, 1.82) is 0 Å². The molecular formula is C13H20N2O3S. The summed E-state index contributed by atoms with van der Waals surface area (Å²) >= 11 is 0. The number of carbonyl (C=O) groups is 1. The summed E-state index contributed by atoms with van der Waals surface area (Å²) in [5, 5.41) is 7.94. The second-order valence-corrected chi connectivity index (χ2v) is 7.21. The van der Waals surface area contributed by atoms with Gasteiger partial charge in [0.1, 0.15) is 0 Å². The summed E-state index contributed by atoms with van der Waals surface area (Å²) in [6, 6.07) is 2.98. The Balaban J connectivity index is 3.34. The number of amides is 1. The Hall–Kier alpha value is -1.40.